The van der Waals surface area contributed by atoms with Gasteiger partial charge in [-0.3, -0.25) is 4.79 Å². The lowest BCUT2D eigenvalue weighted by molar-refractivity contribution is -0.119. The van der Waals surface area contributed by atoms with Gasteiger partial charge in [-0.25, -0.2) is 9.50 Å². The number of ketones is 1. The van der Waals surface area contributed by atoms with E-state index in [0.717, 1.165) is 35.5 Å². The van der Waals surface area contributed by atoms with E-state index in [9.17, 15) is 4.79 Å². The van der Waals surface area contributed by atoms with Gasteiger partial charge in [-0.2, -0.15) is 5.10 Å². The first-order valence-electron chi connectivity index (χ1n) is 7.76. The maximum absolute atomic E-state index is 12.0. The first kappa shape index (κ1) is 13.9. The van der Waals surface area contributed by atoms with Crippen LogP contribution in [0.25, 0.3) is 16.9 Å². The molecule has 1 aromatic carbocycles. The number of nitrogens with zero attached hydrogens (tertiary/aromatic N) is 3. The molecule has 1 aliphatic carbocycles. The van der Waals surface area contributed by atoms with Crippen molar-refractivity contribution in [1.29, 1.82) is 0 Å². The van der Waals surface area contributed by atoms with Crippen molar-refractivity contribution in [3.05, 3.63) is 48.3 Å². The summed E-state index contributed by atoms with van der Waals surface area (Å²) in [5, 5.41) is 4.54. The summed E-state index contributed by atoms with van der Waals surface area (Å²) in [6, 6.07) is 13.7. The van der Waals surface area contributed by atoms with Crippen molar-refractivity contribution in [2.24, 2.45) is 5.92 Å². The highest BCUT2D eigenvalue weighted by Gasteiger charge is 2.30. The molecule has 3 aromatic rings. The molecular formula is C18H17N3O2. The van der Waals surface area contributed by atoms with E-state index in [0.29, 0.717) is 12.2 Å². The molecule has 5 nitrogen and oxygen atoms in total. The number of hydrogen-bond acceptors (Lipinski definition) is 4. The Morgan fingerprint density at radius 2 is 2.09 bits per heavy atom. The molecule has 1 aliphatic rings. The van der Waals surface area contributed by atoms with Crippen LogP contribution in [-0.4, -0.2) is 27.5 Å². The predicted octanol–water partition coefficient (Wildman–Crippen LogP) is 2.93. The number of carbonyl (C=O) groups is 1. The van der Waals surface area contributed by atoms with Gasteiger partial charge in [-0.15, -0.1) is 0 Å². The first-order chi connectivity index (χ1) is 11.2. The molecular weight excluding hydrogens is 290 g/mol. The Kier molecular flexibility index (Phi) is 3.33. The lowest BCUT2D eigenvalue weighted by Gasteiger charge is -2.06. The van der Waals surface area contributed by atoms with E-state index >= 15 is 0 Å². The normalized spacial score (nSPS) is 14.1. The molecule has 2 heterocycles. The summed E-state index contributed by atoms with van der Waals surface area (Å²) in [6.45, 7) is 0. The summed E-state index contributed by atoms with van der Waals surface area (Å²) in [7, 11) is 1.65. The van der Waals surface area contributed by atoms with Gasteiger partial charge in [0.15, 0.2) is 11.5 Å². The minimum absolute atomic E-state index is 0.236. The largest absolute Gasteiger partial charge is 0.497 e. The Labute approximate surface area is 133 Å². The molecule has 0 bridgehead atoms. The number of methoxy groups -OCH3 is 1. The second kappa shape index (κ2) is 5.50. The van der Waals surface area contributed by atoms with Crippen molar-refractivity contribution in [1.82, 2.24) is 14.6 Å². The van der Waals surface area contributed by atoms with Gasteiger partial charge in [-0.05, 0) is 37.1 Å². The summed E-state index contributed by atoms with van der Waals surface area (Å²) in [4.78, 5) is 16.5. The van der Waals surface area contributed by atoms with E-state index in [1.165, 1.54) is 0 Å². The number of pyridine rings is 1. The van der Waals surface area contributed by atoms with Crippen LogP contribution in [0.5, 0.6) is 5.75 Å². The molecule has 0 saturated heterocycles. The van der Waals surface area contributed by atoms with Gasteiger partial charge in [0.2, 0.25) is 0 Å². The summed E-state index contributed by atoms with van der Waals surface area (Å²) in [6.07, 6.45) is 2.35. The quantitative estimate of drug-likeness (QED) is 0.727. The van der Waals surface area contributed by atoms with Gasteiger partial charge < -0.3 is 4.74 Å². The van der Waals surface area contributed by atoms with E-state index in [2.05, 4.69) is 10.1 Å². The molecule has 0 N–H and O–H groups in total. The summed E-state index contributed by atoms with van der Waals surface area (Å²) >= 11 is 0. The maximum Gasteiger partial charge on any atom is 0.159 e. The SMILES string of the molecule is COc1cccc(-c2cccc3nc(CC(=O)C4CC4)nn23)c1. The van der Waals surface area contributed by atoms with Gasteiger partial charge >= 0.3 is 0 Å². The van der Waals surface area contributed by atoms with Crippen LogP contribution in [0.2, 0.25) is 0 Å². The van der Waals surface area contributed by atoms with Crippen molar-refractivity contribution < 1.29 is 9.53 Å². The Morgan fingerprint density at radius 3 is 2.87 bits per heavy atom. The number of hydrogen-bond donors (Lipinski definition) is 0. The van der Waals surface area contributed by atoms with E-state index in [1.54, 1.807) is 11.6 Å². The van der Waals surface area contributed by atoms with E-state index in [4.69, 9.17) is 4.74 Å². The van der Waals surface area contributed by atoms with Gasteiger partial charge in [0.25, 0.3) is 0 Å². The van der Waals surface area contributed by atoms with Crippen LogP contribution in [0.4, 0.5) is 0 Å². The van der Waals surface area contributed by atoms with Crippen LogP contribution in [0, 0.1) is 5.92 Å². The minimum atomic E-state index is 0.236. The Balaban J connectivity index is 1.74. The Hall–Kier alpha value is -2.69. The molecule has 4 rings (SSSR count). The fraction of sp³-hybridized carbons (Fsp3) is 0.278. The highest BCUT2D eigenvalue weighted by atomic mass is 16.5. The molecule has 1 fully saturated rings. The third-order valence-corrected chi connectivity index (χ3v) is 4.13. The molecule has 116 valence electrons. The molecule has 0 unspecified atom stereocenters. The first-order valence-corrected chi connectivity index (χ1v) is 7.76. The predicted molar refractivity (Wildman–Crippen MR) is 86.4 cm³/mol. The van der Waals surface area contributed by atoms with Crippen LogP contribution in [0.15, 0.2) is 42.5 Å². The van der Waals surface area contributed by atoms with Gasteiger partial charge in [0, 0.05) is 11.5 Å². The number of benzene rings is 1. The van der Waals surface area contributed by atoms with Crippen LogP contribution < -0.4 is 4.74 Å². The zero-order chi connectivity index (χ0) is 15.8. The van der Waals surface area contributed by atoms with Crippen molar-refractivity contribution >= 4 is 11.4 Å². The number of Topliss-reactive ketones (excluding diaryl/α,β-unsaturated/α-hetero) is 1. The minimum Gasteiger partial charge on any atom is -0.497 e. The van der Waals surface area contributed by atoms with Crippen molar-refractivity contribution in [3.63, 3.8) is 0 Å². The van der Waals surface area contributed by atoms with Crippen molar-refractivity contribution in [3.8, 4) is 17.0 Å². The van der Waals surface area contributed by atoms with Crippen molar-refractivity contribution in [2.75, 3.05) is 7.11 Å². The molecule has 0 spiro atoms. The molecule has 1 saturated carbocycles. The summed E-state index contributed by atoms with van der Waals surface area (Å²) < 4.78 is 7.09. The zero-order valence-corrected chi connectivity index (χ0v) is 12.9. The number of carbonyl (C=O) groups excluding carboxylic acids is 1. The zero-order valence-electron chi connectivity index (χ0n) is 12.9. The number of fused-ring (bicyclic) bond motifs is 1. The second-order valence-corrected chi connectivity index (χ2v) is 5.86. The average Bonchev–Trinajstić information content (AvgIpc) is 3.35. The smallest absolute Gasteiger partial charge is 0.159 e. The third kappa shape index (κ3) is 2.70. The number of rotatable bonds is 5. The highest BCUT2D eigenvalue weighted by Crippen LogP contribution is 2.31. The maximum atomic E-state index is 12.0. The molecule has 0 atom stereocenters. The van der Waals surface area contributed by atoms with Crippen molar-refractivity contribution in [2.45, 2.75) is 19.3 Å². The van der Waals surface area contributed by atoms with Crippen LogP contribution >= 0.6 is 0 Å². The van der Waals surface area contributed by atoms with E-state index < -0.39 is 0 Å². The van der Waals surface area contributed by atoms with Gasteiger partial charge in [0.05, 0.1) is 19.2 Å². The Bertz CT molecular complexity index is 881. The molecule has 0 radical (unpaired) electrons. The van der Waals surface area contributed by atoms with Gasteiger partial charge in [-0.1, -0.05) is 18.2 Å². The Morgan fingerprint density at radius 1 is 1.26 bits per heavy atom. The molecule has 5 heteroatoms. The molecule has 23 heavy (non-hydrogen) atoms. The highest BCUT2D eigenvalue weighted by molar-refractivity contribution is 5.84. The van der Waals surface area contributed by atoms with Crippen LogP contribution in [0.1, 0.15) is 18.7 Å². The summed E-state index contributed by atoms with van der Waals surface area (Å²) in [5.74, 6) is 1.88. The van der Waals surface area contributed by atoms with E-state index in [-0.39, 0.29) is 11.7 Å². The lowest BCUT2D eigenvalue weighted by Crippen LogP contribution is -2.06. The molecule has 0 amide bonds. The van der Waals surface area contributed by atoms with Crippen LogP contribution in [-0.2, 0) is 11.2 Å². The topological polar surface area (TPSA) is 56.5 Å². The monoisotopic (exact) mass is 307 g/mol. The summed E-state index contributed by atoms with van der Waals surface area (Å²) in [5.41, 5.74) is 2.68. The average molecular weight is 307 g/mol. The fourth-order valence-corrected chi connectivity index (χ4v) is 2.73. The number of aromatic nitrogens is 3. The lowest BCUT2D eigenvalue weighted by atomic mass is 10.1. The van der Waals surface area contributed by atoms with Gasteiger partial charge in [0.1, 0.15) is 11.5 Å². The molecule has 2 aromatic heterocycles. The molecule has 0 aliphatic heterocycles. The van der Waals surface area contributed by atoms with E-state index in [1.807, 2.05) is 42.5 Å². The number of ether oxygens (including phenoxy) is 1. The third-order valence-electron chi connectivity index (χ3n) is 4.13. The second-order valence-electron chi connectivity index (χ2n) is 5.86. The standard InChI is InChI=1S/C18H17N3O2/c1-23-14-5-2-4-13(10-14)15-6-3-7-18-19-17(20-21(15)18)11-16(22)12-8-9-12/h2-7,10,12H,8-9,11H2,1H3. The van der Waals surface area contributed by atoms with Crippen LogP contribution in [0.3, 0.4) is 0 Å². The fourth-order valence-electron chi connectivity index (χ4n) is 2.73.